The molecule has 0 bridgehead atoms. The van der Waals surface area contributed by atoms with Crippen molar-refractivity contribution >= 4 is 41.7 Å². The molecule has 0 heterocycles. The molecule has 0 aliphatic heterocycles. The fourth-order valence-electron chi connectivity index (χ4n) is 1.83. The Morgan fingerprint density at radius 3 is 2.09 bits per heavy atom. The van der Waals surface area contributed by atoms with Gasteiger partial charge in [-0.05, 0) is 19.1 Å². The largest absolute Gasteiger partial charge is 0.481 e. The molecule has 0 spiro atoms. The second-order valence-corrected chi connectivity index (χ2v) is 6.96. The van der Waals surface area contributed by atoms with Gasteiger partial charge in [0.15, 0.2) is 0 Å². The van der Waals surface area contributed by atoms with Crippen LogP contribution in [0.5, 0.6) is 0 Å². The number of hydrogen-bond acceptors (Lipinski definition) is 8. The van der Waals surface area contributed by atoms with Gasteiger partial charge in [-0.2, -0.15) is 11.8 Å². The van der Waals surface area contributed by atoms with Gasteiger partial charge >= 0.3 is 17.9 Å². The van der Waals surface area contributed by atoms with Crippen LogP contribution in [0.2, 0.25) is 0 Å². The number of carboxylic acid groups (broad SMARTS) is 2. The molecule has 0 amide bonds. The minimum absolute atomic E-state index is 0.223. The Kier molecular flexibility index (Phi) is 9.59. The zero-order valence-corrected chi connectivity index (χ0v) is 14.9. The van der Waals surface area contributed by atoms with Gasteiger partial charge in [0.25, 0.3) is 0 Å². The molecule has 134 valence electrons. The molecule has 5 N–H and O–H groups in total. The van der Waals surface area contributed by atoms with Crippen molar-refractivity contribution in [2.24, 2.45) is 11.7 Å². The van der Waals surface area contributed by atoms with Gasteiger partial charge in [-0.3, -0.25) is 15.3 Å². The number of aliphatic carboxylic acids is 2. The molecule has 8 nitrogen and oxygen atoms in total. The van der Waals surface area contributed by atoms with Crippen LogP contribution >= 0.6 is 23.8 Å². The van der Waals surface area contributed by atoms with Crippen LogP contribution in [0.3, 0.4) is 0 Å². The summed E-state index contributed by atoms with van der Waals surface area (Å²) in [5, 5.41) is 26.5. The normalized spacial score (nSPS) is 17.6. The van der Waals surface area contributed by atoms with E-state index >= 15 is 0 Å². The molecule has 0 aromatic rings. The maximum absolute atomic E-state index is 11.9. The number of carbonyl (C=O) groups excluding carboxylic acids is 1. The third-order valence-corrected chi connectivity index (χ3v) is 5.38. The van der Waals surface area contributed by atoms with Crippen LogP contribution in [-0.2, 0) is 18.6 Å². The summed E-state index contributed by atoms with van der Waals surface area (Å²) in [5.74, 6) is -4.16. The summed E-state index contributed by atoms with van der Waals surface area (Å²) in [5.41, 5.74) is 3.16. The number of carboxylic acids is 2. The van der Waals surface area contributed by atoms with Crippen molar-refractivity contribution in [2.45, 2.75) is 49.3 Å². The van der Waals surface area contributed by atoms with Gasteiger partial charge in [-0.1, -0.05) is 13.8 Å². The van der Waals surface area contributed by atoms with Crippen LogP contribution in [0.4, 0.5) is 0 Å². The molecule has 0 aliphatic rings. The van der Waals surface area contributed by atoms with Gasteiger partial charge in [0.1, 0.15) is 5.25 Å². The SMILES string of the molecule is CCC(SOC(=O)C(N)(O)CC(SC)C(CC)C(=O)O)C(=O)O. The topological polar surface area (TPSA) is 147 Å². The van der Waals surface area contributed by atoms with E-state index in [-0.39, 0.29) is 12.8 Å². The highest BCUT2D eigenvalue weighted by molar-refractivity contribution is 7.99. The summed E-state index contributed by atoms with van der Waals surface area (Å²) >= 11 is 1.59. The standard InChI is InChI=1S/C13H23NO7S2/c1-4-7(10(15)16)9(22-3)6-13(14,20)12(19)21-23-8(5-2)11(17)18/h7-9,20H,4-6,14H2,1-3H3,(H,15,16)(H,17,18). The van der Waals surface area contributed by atoms with Crippen molar-refractivity contribution in [3.8, 4) is 0 Å². The summed E-state index contributed by atoms with van der Waals surface area (Å²) in [6.07, 6.45) is 1.88. The third-order valence-electron chi connectivity index (χ3n) is 3.26. The fourth-order valence-corrected chi connectivity index (χ4v) is 3.46. The zero-order valence-electron chi connectivity index (χ0n) is 13.2. The first-order chi connectivity index (χ1) is 10.6. The Bertz CT molecular complexity index is 431. The maximum Gasteiger partial charge on any atom is 0.365 e. The predicted octanol–water partition coefficient (Wildman–Crippen LogP) is 0.921. The number of rotatable bonds is 11. The number of nitrogens with two attached hydrogens (primary N) is 1. The lowest BCUT2D eigenvalue weighted by molar-refractivity contribution is -0.155. The van der Waals surface area contributed by atoms with Crippen molar-refractivity contribution in [1.82, 2.24) is 0 Å². The van der Waals surface area contributed by atoms with E-state index in [0.717, 1.165) is 0 Å². The quantitative estimate of drug-likeness (QED) is 0.306. The van der Waals surface area contributed by atoms with Gasteiger partial charge in [-0.25, -0.2) is 4.79 Å². The second kappa shape index (κ2) is 10.0. The van der Waals surface area contributed by atoms with Crippen LogP contribution < -0.4 is 5.73 Å². The van der Waals surface area contributed by atoms with Crippen LogP contribution in [0, 0.1) is 5.92 Å². The summed E-state index contributed by atoms with van der Waals surface area (Å²) in [7, 11) is 0. The van der Waals surface area contributed by atoms with Gasteiger partial charge < -0.3 is 19.5 Å². The molecule has 0 aromatic heterocycles. The summed E-state index contributed by atoms with van der Waals surface area (Å²) < 4.78 is 4.71. The molecule has 0 aliphatic carbocycles. The highest BCUT2D eigenvalue weighted by atomic mass is 32.2. The first-order valence-corrected chi connectivity index (χ1v) is 9.07. The maximum atomic E-state index is 11.9. The van der Waals surface area contributed by atoms with E-state index in [9.17, 15) is 19.5 Å². The lowest BCUT2D eigenvalue weighted by Gasteiger charge is -2.28. The van der Waals surface area contributed by atoms with Crippen molar-refractivity contribution in [2.75, 3.05) is 6.26 Å². The molecule has 23 heavy (non-hydrogen) atoms. The average molecular weight is 369 g/mol. The van der Waals surface area contributed by atoms with Gasteiger partial charge in [-0.15, -0.1) is 0 Å². The van der Waals surface area contributed by atoms with Crippen LogP contribution in [0.15, 0.2) is 0 Å². The first kappa shape index (κ1) is 22.0. The van der Waals surface area contributed by atoms with E-state index in [1.807, 2.05) is 0 Å². The van der Waals surface area contributed by atoms with Crippen LogP contribution in [-0.4, -0.2) is 55.7 Å². The molecule has 0 aromatic carbocycles. The minimum Gasteiger partial charge on any atom is -0.481 e. The summed E-state index contributed by atoms with van der Waals surface area (Å²) in [4.78, 5) is 33.9. The minimum atomic E-state index is -2.39. The van der Waals surface area contributed by atoms with Crippen LogP contribution in [0.25, 0.3) is 0 Å². The highest BCUT2D eigenvalue weighted by Gasteiger charge is 2.40. The Labute approximate surface area is 143 Å². The van der Waals surface area contributed by atoms with Crippen LogP contribution in [0.1, 0.15) is 33.1 Å². The van der Waals surface area contributed by atoms with Gasteiger partial charge in [0, 0.05) is 11.7 Å². The van der Waals surface area contributed by atoms with E-state index in [0.29, 0.717) is 18.5 Å². The fraction of sp³-hybridized carbons (Fsp3) is 0.769. The molecule has 0 rings (SSSR count). The predicted molar refractivity (Wildman–Crippen MR) is 87.9 cm³/mol. The van der Waals surface area contributed by atoms with Gasteiger partial charge in [0.2, 0.25) is 5.72 Å². The van der Waals surface area contributed by atoms with E-state index in [2.05, 4.69) is 0 Å². The van der Waals surface area contributed by atoms with Crippen molar-refractivity contribution in [3.05, 3.63) is 0 Å². The van der Waals surface area contributed by atoms with E-state index in [1.165, 1.54) is 11.8 Å². The lowest BCUT2D eigenvalue weighted by atomic mass is 9.95. The Hall–Kier alpha value is -0.970. The summed E-state index contributed by atoms with van der Waals surface area (Å²) in [6, 6.07) is 0. The molecule has 0 fully saturated rings. The first-order valence-electron chi connectivity index (χ1n) is 6.98. The van der Waals surface area contributed by atoms with E-state index < -0.39 is 40.1 Å². The van der Waals surface area contributed by atoms with Crippen molar-refractivity contribution in [3.63, 3.8) is 0 Å². The molecule has 4 atom stereocenters. The molecule has 0 saturated carbocycles. The third kappa shape index (κ3) is 6.98. The molecular formula is C13H23NO7S2. The molecular weight excluding hydrogens is 346 g/mol. The van der Waals surface area contributed by atoms with Crippen molar-refractivity contribution < 1.29 is 33.9 Å². The number of carbonyl (C=O) groups is 3. The Balaban J connectivity index is 4.85. The lowest BCUT2D eigenvalue weighted by Crippen LogP contribution is -2.51. The zero-order chi connectivity index (χ0) is 18.2. The number of hydrogen-bond donors (Lipinski definition) is 4. The summed E-state index contributed by atoms with van der Waals surface area (Å²) in [6.45, 7) is 3.29. The molecule has 10 heteroatoms. The highest BCUT2D eigenvalue weighted by Crippen LogP contribution is 2.29. The molecule has 0 saturated heterocycles. The van der Waals surface area contributed by atoms with Gasteiger partial charge in [0.05, 0.1) is 18.0 Å². The number of thioether (sulfide) groups is 1. The smallest absolute Gasteiger partial charge is 0.365 e. The molecule has 4 unspecified atom stereocenters. The Morgan fingerprint density at radius 2 is 1.74 bits per heavy atom. The number of aliphatic hydroxyl groups is 1. The van der Waals surface area contributed by atoms with E-state index in [1.54, 1.807) is 20.1 Å². The second-order valence-electron chi connectivity index (χ2n) is 4.96. The molecule has 0 radical (unpaired) electrons. The van der Waals surface area contributed by atoms with Crippen molar-refractivity contribution in [1.29, 1.82) is 0 Å². The monoisotopic (exact) mass is 369 g/mol. The Morgan fingerprint density at radius 1 is 1.17 bits per heavy atom. The van der Waals surface area contributed by atoms with E-state index in [4.69, 9.17) is 20.1 Å². The average Bonchev–Trinajstić information content (AvgIpc) is 2.46.